The van der Waals surface area contributed by atoms with E-state index in [1.54, 1.807) is 25.3 Å². The number of hydrogen-bond acceptors (Lipinski definition) is 6. The largest absolute Gasteiger partial charge is 0.497 e. The van der Waals surface area contributed by atoms with E-state index >= 15 is 0 Å². The molecule has 2 aromatic carbocycles. The van der Waals surface area contributed by atoms with Gasteiger partial charge in [-0.05, 0) is 43.3 Å². The summed E-state index contributed by atoms with van der Waals surface area (Å²) in [5.74, 6) is 1.79. The normalized spacial score (nSPS) is 10.4. The fourth-order valence-electron chi connectivity index (χ4n) is 2.37. The lowest BCUT2D eigenvalue weighted by Crippen LogP contribution is -2.24. The first-order valence-electron chi connectivity index (χ1n) is 8.18. The predicted octanol–water partition coefficient (Wildman–Crippen LogP) is 3.07. The maximum absolute atomic E-state index is 12.4. The van der Waals surface area contributed by atoms with Gasteiger partial charge >= 0.3 is 0 Å². The number of aromatic nitrogens is 2. The van der Waals surface area contributed by atoms with Crippen LogP contribution in [0.4, 0.5) is 0 Å². The molecule has 7 nitrogen and oxygen atoms in total. The topological polar surface area (TPSA) is 86.5 Å². The van der Waals surface area contributed by atoms with Crippen LogP contribution in [-0.2, 0) is 6.54 Å². The lowest BCUT2D eigenvalue weighted by Gasteiger charge is -2.09. The monoisotopic (exact) mass is 353 g/mol. The predicted molar refractivity (Wildman–Crippen MR) is 95.1 cm³/mol. The molecule has 0 unspecified atom stereocenters. The lowest BCUT2D eigenvalue weighted by molar-refractivity contribution is 0.0946. The molecule has 1 heterocycles. The Morgan fingerprint density at radius 2 is 1.92 bits per heavy atom. The number of rotatable bonds is 7. The SMILES string of the molecule is CCOc1ccccc1C(=O)NCc1noc(-c2ccc(OC)cc2)n1. The van der Waals surface area contributed by atoms with E-state index in [4.69, 9.17) is 14.0 Å². The molecule has 0 aliphatic carbocycles. The molecule has 26 heavy (non-hydrogen) atoms. The van der Waals surface area contributed by atoms with Crippen molar-refractivity contribution in [3.63, 3.8) is 0 Å². The fraction of sp³-hybridized carbons (Fsp3) is 0.211. The summed E-state index contributed by atoms with van der Waals surface area (Å²) in [5.41, 5.74) is 1.24. The van der Waals surface area contributed by atoms with E-state index in [1.165, 1.54) is 0 Å². The van der Waals surface area contributed by atoms with E-state index < -0.39 is 0 Å². The standard InChI is InChI=1S/C19H19N3O4/c1-3-25-16-7-5-4-6-15(16)18(23)20-12-17-21-19(26-22-17)13-8-10-14(24-2)11-9-13/h4-11H,3,12H2,1-2H3,(H,20,23). The highest BCUT2D eigenvalue weighted by Gasteiger charge is 2.14. The van der Waals surface area contributed by atoms with E-state index in [1.807, 2.05) is 37.3 Å². The molecule has 0 saturated carbocycles. The van der Waals surface area contributed by atoms with Crippen molar-refractivity contribution in [2.45, 2.75) is 13.5 Å². The summed E-state index contributed by atoms with van der Waals surface area (Å²) >= 11 is 0. The van der Waals surface area contributed by atoms with E-state index in [0.29, 0.717) is 29.6 Å². The van der Waals surface area contributed by atoms with Crippen LogP contribution in [0.15, 0.2) is 53.1 Å². The Labute approximate surface area is 150 Å². The Balaban J connectivity index is 1.65. The van der Waals surface area contributed by atoms with Gasteiger partial charge in [-0.25, -0.2) is 0 Å². The van der Waals surface area contributed by atoms with Crippen LogP contribution in [0, 0.1) is 0 Å². The molecule has 7 heteroatoms. The summed E-state index contributed by atoms with van der Waals surface area (Å²) in [6.45, 7) is 2.51. The van der Waals surface area contributed by atoms with Crippen LogP contribution in [0.5, 0.6) is 11.5 Å². The summed E-state index contributed by atoms with van der Waals surface area (Å²) in [5, 5.41) is 6.67. The second-order valence-corrected chi connectivity index (χ2v) is 5.36. The summed E-state index contributed by atoms with van der Waals surface area (Å²) in [7, 11) is 1.60. The molecule has 0 aliphatic rings. The first-order valence-corrected chi connectivity index (χ1v) is 8.18. The highest BCUT2D eigenvalue weighted by molar-refractivity contribution is 5.96. The second kappa shape index (κ2) is 8.15. The molecule has 3 rings (SSSR count). The van der Waals surface area contributed by atoms with Gasteiger partial charge in [-0.3, -0.25) is 4.79 Å². The van der Waals surface area contributed by atoms with Gasteiger partial charge in [-0.15, -0.1) is 0 Å². The van der Waals surface area contributed by atoms with Gasteiger partial charge < -0.3 is 19.3 Å². The van der Waals surface area contributed by atoms with E-state index in [2.05, 4.69) is 15.5 Å². The number of nitrogens with one attached hydrogen (secondary N) is 1. The van der Waals surface area contributed by atoms with Crippen molar-refractivity contribution in [2.24, 2.45) is 0 Å². The van der Waals surface area contributed by atoms with Crippen molar-refractivity contribution in [2.75, 3.05) is 13.7 Å². The molecule has 0 bridgehead atoms. The van der Waals surface area contributed by atoms with Gasteiger partial charge in [0, 0.05) is 5.56 Å². The number of ether oxygens (including phenoxy) is 2. The molecular weight excluding hydrogens is 334 g/mol. The molecular formula is C19H19N3O4. The smallest absolute Gasteiger partial charge is 0.257 e. The maximum Gasteiger partial charge on any atom is 0.257 e. The van der Waals surface area contributed by atoms with Crippen LogP contribution >= 0.6 is 0 Å². The molecule has 1 aromatic heterocycles. The van der Waals surface area contributed by atoms with Gasteiger partial charge in [-0.2, -0.15) is 4.98 Å². The summed E-state index contributed by atoms with van der Waals surface area (Å²) in [6, 6.07) is 14.3. The number of hydrogen-bond donors (Lipinski definition) is 1. The number of amides is 1. The molecule has 3 aromatic rings. The molecule has 1 N–H and O–H groups in total. The van der Waals surface area contributed by atoms with Crippen molar-refractivity contribution in [1.82, 2.24) is 15.5 Å². The van der Waals surface area contributed by atoms with Gasteiger partial charge in [0.15, 0.2) is 5.82 Å². The number of carbonyl (C=O) groups is 1. The minimum absolute atomic E-state index is 0.152. The number of nitrogens with zero attached hydrogens (tertiary/aromatic N) is 2. The van der Waals surface area contributed by atoms with Gasteiger partial charge in [-0.1, -0.05) is 17.3 Å². The van der Waals surface area contributed by atoms with Gasteiger partial charge in [0.25, 0.3) is 11.8 Å². The molecule has 0 spiro atoms. The minimum atomic E-state index is -0.259. The number of benzene rings is 2. The summed E-state index contributed by atoms with van der Waals surface area (Å²) in [4.78, 5) is 16.7. The van der Waals surface area contributed by atoms with Crippen molar-refractivity contribution in [1.29, 1.82) is 0 Å². The van der Waals surface area contributed by atoms with Crippen LogP contribution in [0.2, 0.25) is 0 Å². The molecule has 0 aliphatic heterocycles. The maximum atomic E-state index is 12.4. The Morgan fingerprint density at radius 3 is 2.65 bits per heavy atom. The fourth-order valence-corrected chi connectivity index (χ4v) is 2.37. The van der Waals surface area contributed by atoms with E-state index in [-0.39, 0.29) is 12.5 Å². The summed E-state index contributed by atoms with van der Waals surface area (Å²) in [6.07, 6.45) is 0. The lowest BCUT2D eigenvalue weighted by atomic mass is 10.2. The first-order chi connectivity index (χ1) is 12.7. The number of carbonyl (C=O) groups excluding carboxylic acids is 1. The number of para-hydroxylation sites is 1. The van der Waals surface area contributed by atoms with Crippen LogP contribution in [-0.4, -0.2) is 29.8 Å². The van der Waals surface area contributed by atoms with E-state index in [0.717, 1.165) is 11.3 Å². The molecule has 134 valence electrons. The van der Waals surface area contributed by atoms with Crippen molar-refractivity contribution in [3.8, 4) is 23.0 Å². The van der Waals surface area contributed by atoms with Gasteiger partial charge in [0.1, 0.15) is 11.5 Å². The van der Waals surface area contributed by atoms with Crippen LogP contribution in [0.1, 0.15) is 23.1 Å². The van der Waals surface area contributed by atoms with Crippen molar-refractivity contribution in [3.05, 3.63) is 59.9 Å². The highest BCUT2D eigenvalue weighted by atomic mass is 16.5. The average Bonchev–Trinajstić information content (AvgIpc) is 3.16. The molecule has 0 fully saturated rings. The van der Waals surface area contributed by atoms with Gasteiger partial charge in [0.05, 0.1) is 25.8 Å². The van der Waals surface area contributed by atoms with Crippen LogP contribution in [0.25, 0.3) is 11.5 Å². The average molecular weight is 353 g/mol. The quantitative estimate of drug-likeness (QED) is 0.702. The Hall–Kier alpha value is -3.35. The first kappa shape index (κ1) is 17.5. The zero-order valence-corrected chi connectivity index (χ0v) is 14.6. The van der Waals surface area contributed by atoms with Crippen molar-refractivity contribution < 1.29 is 18.8 Å². The third-order valence-corrected chi connectivity index (χ3v) is 3.64. The third-order valence-electron chi connectivity index (χ3n) is 3.64. The zero-order chi connectivity index (χ0) is 18.4. The second-order valence-electron chi connectivity index (χ2n) is 5.36. The zero-order valence-electron chi connectivity index (χ0n) is 14.6. The highest BCUT2D eigenvalue weighted by Crippen LogP contribution is 2.21. The molecule has 0 radical (unpaired) electrons. The van der Waals surface area contributed by atoms with Crippen LogP contribution < -0.4 is 14.8 Å². The van der Waals surface area contributed by atoms with Gasteiger partial charge in [0.2, 0.25) is 0 Å². The Kier molecular flexibility index (Phi) is 5.48. The molecule has 1 amide bonds. The minimum Gasteiger partial charge on any atom is -0.497 e. The molecule has 0 saturated heterocycles. The summed E-state index contributed by atoms with van der Waals surface area (Å²) < 4.78 is 15.8. The molecule has 0 atom stereocenters. The van der Waals surface area contributed by atoms with Crippen molar-refractivity contribution >= 4 is 5.91 Å². The number of methoxy groups -OCH3 is 1. The Morgan fingerprint density at radius 1 is 1.15 bits per heavy atom. The third kappa shape index (κ3) is 4.00. The Bertz CT molecular complexity index is 875. The van der Waals surface area contributed by atoms with Crippen LogP contribution in [0.3, 0.4) is 0 Å². The van der Waals surface area contributed by atoms with E-state index in [9.17, 15) is 4.79 Å².